The number of rotatable bonds is 8. The number of imidazole rings is 1. The first-order valence-electron chi connectivity index (χ1n) is 10.6. The Morgan fingerprint density at radius 2 is 2.06 bits per heavy atom. The molecule has 0 atom stereocenters. The van der Waals surface area contributed by atoms with Gasteiger partial charge in [0.2, 0.25) is 5.91 Å². The van der Waals surface area contributed by atoms with Crippen molar-refractivity contribution in [2.75, 3.05) is 11.9 Å². The second-order valence-electron chi connectivity index (χ2n) is 7.49. The van der Waals surface area contributed by atoms with Gasteiger partial charge in [-0.15, -0.1) is 0 Å². The van der Waals surface area contributed by atoms with Crippen LogP contribution in [0.3, 0.4) is 0 Å². The summed E-state index contributed by atoms with van der Waals surface area (Å²) in [4.78, 5) is 33.8. The molecule has 0 aliphatic heterocycles. The van der Waals surface area contributed by atoms with Gasteiger partial charge in [0.25, 0.3) is 5.91 Å². The molecule has 0 spiro atoms. The number of furan rings is 1. The van der Waals surface area contributed by atoms with Crippen molar-refractivity contribution in [2.45, 2.75) is 33.2 Å². The summed E-state index contributed by atoms with van der Waals surface area (Å²) in [5, 5.41) is 5.74. The van der Waals surface area contributed by atoms with Crippen LogP contribution < -0.4 is 10.6 Å². The number of carbonyl (C=O) groups is 2. The summed E-state index contributed by atoms with van der Waals surface area (Å²) >= 11 is 0. The lowest BCUT2D eigenvalue weighted by molar-refractivity contribution is -0.114. The fraction of sp³-hybridized carbons (Fsp3) is 0.250. The zero-order valence-corrected chi connectivity index (χ0v) is 18.1. The van der Waals surface area contributed by atoms with Crippen LogP contribution in [0.4, 0.5) is 5.69 Å². The fourth-order valence-electron chi connectivity index (χ4n) is 3.73. The molecule has 8 nitrogen and oxygen atoms in total. The predicted molar refractivity (Wildman–Crippen MR) is 121 cm³/mol. The normalized spacial score (nSPS) is 10.9. The van der Waals surface area contributed by atoms with Crippen LogP contribution in [0.25, 0.3) is 11.0 Å². The van der Waals surface area contributed by atoms with Gasteiger partial charge in [-0.2, -0.15) is 0 Å². The van der Waals surface area contributed by atoms with Gasteiger partial charge >= 0.3 is 0 Å². The molecule has 8 heteroatoms. The van der Waals surface area contributed by atoms with E-state index < -0.39 is 0 Å². The molecule has 2 N–H and O–H groups in total. The second-order valence-corrected chi connectivity index (χ2v) is 7.49. The predicted octanol–water partition coefficient (Wildman–Crippen LogP) is 3.57. The number of benzene rings is 1. The van der Waals surface area contributed by atoms with E-state index in [1.807, 2.05) is 35.8 Å². The van der Waals surface area contributed by atoms with Crippen molar-refractivity contribution in [1.29, 1.82) is 0 Å². The zero-order chi connectivity index (χ0) is 22.5. The number of fused-ring (bicyclic) bond motifs is 1. The molecule has 164 valence electrons. The number of carbonyl (C=O) groups excluding carboxylic acids is 2. The Morgan fingerprint density at radius 1 is 1.19 bits per heavy atom. The topological polar surface area (TPSA) is 102 Å². The highest BCUT2D eigenvalue weighted by Gasteiger charge is 2.20. The second kappa shape index (κ2) is 9.47. The average Bonchev–Trinajstić information content (AvgIpc) is 3.41. The van der Waals surface area contributed by atoms with Crippen LogP contribution in [0, 0.1) is 0 Å². The van der Waals surface area contributed by atoms with E-state index in [0.29, 0.717) is 42.7 Å². The Labute approximate surface area is 185 Å². The largest absolute Gasteiger partial charge is 0.469 e. The third kappa shape index (κ3) is 4.69. The van der Waals surface area contributed by atoms with Crippen molar-refractivity contribution < 1.29 is 14.0 Å². The van der Waals surface area contributed by atoms with Crippen molar-refractivity contribution in [3.63, 3.8) is 0 Å². The highest BCUT2D eigenvalue weighted by Crippen LogP contribution is 2.27. The molecule has 4 rings (SSSR count). The maximum absolute atomic E-state index is 13.2. The molecule has 4 aromatic rings. The minimum Gasteiger partial charge on any atom is -0.469 e. The Bertz CT molecular complexity index is 1230. The summed E-state index contributed by atoms with van der Waals surface area (Å²) in [6, 6.07) is 11.1. The van der Waals surface area contributed by atoms with Crippen LogP contribution in [0.1, 0.15) is 41.4 Å². The smallest absolute Gasteiger partial charge is 0.253 e. The molecule has 32 heavy (non-hydrogen) atoms. The molecule has 0 fully saturated rings. The molecule has 3 aromatic heterocycles. The molecule has 3 heterocycles. The van der Waals surface area contributed by atoms with Crippen molar-refractivity contribution in [2.24, 2.45) is 0 Å². The molecule has 1 aromatic carbocycles. The summed E-state index contributed by atoms with van der Waals surface area (Å²) in [6.45, 7) is 4.43. The molecular weight excluding hydrogens is 406 g/mol. The molecule has 0 radical (unpaired) electrons. The van der Waals surface area contributed by atoms with Crippen LogP contribution >= 0.6 is 0 Å². The average molecular weight is 431 g/mol. The Kier molecular flexibility index (Phi) is 6.30. The fourth-order valence-corrected chi connectivity index (χ4v) is 3.73. The maximum atomic E-state index is 13.2. The van der Waals surface area contributed by atoms with Gasteiger partial charge in [-0.3, -0.25) is 14.6 Å². The number of hydrogen-bond donors (Lipinski definition) is 2. The lowest BCUT2D eigenvalue weighted by Gasteiger charge is -2.13. The minimum absolute atomic E-state index is 0.209. The van der Waals surface area contributed by atoms with Gasteiger partial charge in [-0.05, 0) is 35.9 Å². The number of nitrogens with one attached hydrogen (secondary N) is 2. The number of hydrogen-bond acceptors (Lipinski definition) is 5. The van der Waals surface area contributed by atoms with Crippen molar-refractivity contribution in [1.82, 2.24) is 19.9 Å². The maximum Gasteiger partial charge on any atom is 0.253 e. The lowest BCUT2D eigenvalue weighted by Crippen LogP contribution is -2.26. The van der Waals surface area contributed by atoms with Gasteiger partial charge in [0.1, 0.15) is 11.6 Å². The van der Waals surface area contributed by atoms with E-state index in [2.05, 4.69) is 15.6 Å². The quantitative estimate of drug-likeness (QED) is 0.444. The summed E-state index contributed by atoms with van der Waals surface area (Å²) in [6.07, 6.45) is 6.43. The molecule has 0 saturated heterocycles. The summed E-state index contributed by atoms with van der Waals surface area (Å²) in [5.41, 5.74) is 3.40. The van der Waals surface area contributed by atoms with Crippen LogP contribution in [0.15, 0.2) is 59.5 Å². The van der Waals surface area contributed by atoms with Gasteiger partial charge in [0.05, 0.1) is 29.4 Å². The first-order chi connectivity index (χ1) is 15.5. The Hall–Kier alpha value is -3.94. The monoisotopic (exact) mass is 431 g/mol. The number of aromatic nitrogens is 3. The molecular formula is C24H25N5O3. The van der Waals surface area contributed by atoms with Crippen molar-refractivity contribution in [3.05, 3.63) is 77.8 Å². The zero-order valence-electron chi connectivity index (χ0n) is 18.1. The number of anilines is 1. The summed E-state index contributed by atoms with van der Waals surface area (Å²) in [7, 11) is 0. The van der Waals surface area contributed by atoms with Gasteiger partial charge in [-0.25, -0.2) is 4.98 Å². The Morgan fingerprint density at radius 3 is 2.75 bits per heavy atom. The van der Waals surface area contributed by atoms with Gasteiger partial charge in [-0.1, -0.05) is 13.0 Å². The van der Waals surface area contributed by atoms with Crippen molar-refractivity contribution >= 4 is 28.5 Å². The first kappa shape index (κ1) is 21.3. The van der Waals surface area contributed by atoms with E-state index in [1.54, 1.807) is 30.8 Å². The lowest BCUT2D eigenvalue weighted by atomic mass is 10.1. The molecule has 0 unspecified atom stereocenters. The van der Waals surface area contributed by atoms with E-state index >= 15 is 0 Å². The Balaban J connectivity index is 1.73. The molecule has 2 amide bonds. The van der Waals surface area contributed by atoms with Crippen LogP contribution in [-0.4, -0.2) is 32.9 Å². The van der Waals surface area contributed by atoms with Gasteiger partial charge in [0, 0.05) is 44.4 Å². The van der Waals surface area contributed by atoms with Crippen molar-refractivity contribution in [3.8, 4) is 0 Å². The standard InChI is InChI=1S/C24H25N5O3/c1-3-22-28-21-13-18(27-16(2)30)12-20(24(31)26-10-8-19-7-5-11-32-19)23(21)29(22)15-17-6-4-9-25-14-17/h4-7,9,11-14H,3,8,10,15H2,1-2H3,(H,26,31)(H,27,30). The highest BCUT2D eigenvalue weighted by atomic mass is 16.3. The molecule has 0 bridgehead atoms. The first-order valence-corrected chi connectivity index (χ1v) is 10.6. The van der Waals surface area contributed by atoms with Crippen LogP contribution in [0.2, 0.25) is 0 Å². The highest BCUT2D eigenvalue weighted by molar-refractivity contribution is 6.07. The summed E-state index contributed by atoms with van der Waals surface area (Å²) < 4.78 is 7.39. The number of amides is 2. The molecule has 0 aliphatic rings. The van der Waals surface area contributed by atoms with Gasteiger partial charge < -0.3 is 19.6 Å². The SMILES string of the molecule is CCc1nc2cc(NC(C)=O)cc(C(=O)NCCc3ccco3)c2n1Cc1cccnc1. The van der Waals surface area contributed by atoms with E-state index in [4.69, 9.17) is 9.40 Å². The van der Waals surface area contributed by atoms with E-state index in [1.165, 1.54) is 6.92 Å². The third-order valence-electron chi connectivity index (χ3n) is 5.10. The minimum atomic E-state index is -0.233. The van der Waals surface area contributed by atoms with E-state index in [0.717, 1.165) is 22.7 Å². The molecule has 0 aliphatic carbocycles. The third-order valence-corrected chi connectivity index (χ3v) is 5.10. The number of nitrogens with zero attached hydrogens (tertiary/aromatic N) is 3. The van der Waals surface area contributed by atoms with Gasteiger partial charge in [0.15, 0.2) is 0 Å². The molecule has 0 saturated carbocycles. The number of aryl methyl sites for hydroxylation is 1. The summed E-state index contributed by atoms with van der Waals surface area (Å²) in [5.74, 6) is 1.22. The number of pyridine rings is 1. The van der Waals surface area contributed by atoms with E-state index in [-0.39, 0.29) is 11.8 Å². The van der Waals surface area contributed by atoms with Crippen LogP contribution in [-0.2, 0) is 24.2 Å². The van der Waals surface area contributed by atoms with Crippen LogP contribution in [0.5, 0.6) is 0 Å². The van der Waals surface area contributed by atoms with E-state index in [9.17, 15) is 9.59 Å².